The largest absolute Gasteiger partial charge is 0.418 e. The maximum absolute atomic E-state index is 13.6. The molecule has 0 spiro atoms. The number of amides is 2. The zero-order chi connectivity index (χ0) is 22.3. The van der Waals surface area contributed by atoms with Crippen molar-refractivity contribution in [3.05, 3.63) is 23.5 Å². The molecule has 0 N–H and O–H groups in total. The first kappa shape index (κ1) is 21.7. The number of imidazole rings is 1. The van der Waals surface area contributed by atoms with Crippen LogP contribution < -0.4 is 5.46 Å². The quantitative estimate of drug-likeness (QED) is 0.698. The molecule has 2 aromatic rings. The fourth-order valence-corrected chi connectivity index (χ4v) is 4.68. The minimum Gasteiger partial charge on any atom is -0.336 e. The van der Waals surface area contributed by atoms with Crippen molar-refractivity contribution in [1.29, 1.82) is 0 Å². The molecule has 0 bridgehead atoms. The van der Waals surface area contributed by atoms with Gasteiger partial charge in [-0.15, -0.1) is 0 Å². The fourth-order valence-electron chi connectivity index (χ4n) is 4.68. The third-order valence-corrected chi connectivity index (χ3v) is 6.13. The summed E-state index contributed by atoms with van der Waals surface area (Å²) in [5, 5.41) is 0. The van der Waals surface area contributed by atoms with E-state index in [0.29, 0.717) is 26.1 Å². The van der Waals surface area contributed by atoms with E-state index >= 15 is 0 Å². The summed E-state index contributed by atoms with van der Waals surface area (Å²) in [5.74, 6) is -0.740. The van der Waals surface area contributed by atoms with Crippen LogP contribution in [0.3, 0.4) is 0 Å². The Kier molecular flexibility index (Phi) is 5.74. The summed E-state index contributed by atoms with van der Waals surface area (Å²) < 4.78 is 42.2. The average molecular weight is 432 g/mol. The van der Waals surface area contributed by atoms with E-state index in [1.807, 2.05) is 11.8 Å². The van der Waals surface area contributed by atoms with Crippen molar-refractivity contribution in [3.8, 4) is 0 Å². The second kappa shape index (κ2) is 8.20. The van der Waals surface area contributed by atoms with E-state index in [2.05, 4.69) is 4.98 Å². The number of carbonyl (C=O) groups excluding carboxylic acids is 2. The second-order valence-electron chi connectivity index (χ2n) is 8.27. The Morgan fingerprint density at radius 3 is 2.55 bits per heavy atom. The van der Waals surface area contributed by atoms with Gasteiger partial charge in [0.25, 0.3) is 5.91 Å². The Morgan fingerprint density at radius 1 is 1.23 bits per heavy atom. The van der Waals surface area contributed by atoms with E-state index < -0.39 is 17.6 Å². The molecule has 2 radical (unpaired) electrons. The molecule has 0 atom stereocenters. The van der Waals surface area contributed by atoms with Crippen molar-refractivity contribution in [2.45, 2.75) is 57.8 Å². The highest BCUT2D eigenvalue weighted by Crippen LogP contribution is 2.34. The number of aryl methyl sites for hydroxylation is 1. The van der Waals surface area contributed by atoms with Crippen LogP contribution in [0.25, 0.3) is 11.0 Å². The molecule has 2 aliphatic rings. The van der Waals surface area contributed by atoms with Gasteiger partial charge in [-0.25, -0.2) is 4.98 Å². The fraction of sp³-hybridized carbons (Fsp3) is 0.571. The third kappa shape index (κ3) is 4.04. The van der Waals surface area contributed by atoms with Crippen LogP contribution in [0.4, 0.5) is 13.2 Å². The summed E-state index contributed by atoms with van der Waals surface area (Å²) >= 11 is 0. The maximum atomic E-state index is 13.6. The molecule has 164 valence electrons. The Labute approximate surface area is 179 Å². The second-order valence-corrected chi connectivity index (χ2v) is 8.27. The number of fused-ring (bicyclic) bond motifs is 1. The number of carbonyl (C=O) groups is 2. The molecule has 1 aromatic heterocycles. The monoisotopic (exact) mass is 432 g/mol. The van der Waals surface area contributed by atoms with Crippen molar-refractivity contribution < 1.29 is 22.8 Å². The van der Waals surface area contributed by atoms with Gasteiger partial charge in [0.05, 0.1) is 11.1 Å². The molecule has 6 nitrogen and oxygen atoms in total. The van der Waals surface area contributed by atoms with Gasteiger partial charge >= 0.3 is 6.18 Å². The van der Waals surface area contributed by atoms with Crippen LogP contribution in [0.1, 0.15) is 55.2 Å². The normalized spacial score (nSPS) is 18.4. The molecule has 4 rings (SSSR count). The first-order valence-electron chi connectivity index (χ1n) is 10.7. The van der Waals surface area contributed by atoms with Gasteiger partial charge in [-0.1, -0.05) is 31.3 Å². The molecule has 1 saturated carbocycles. The Morgan fingerprint density at radius 2 is 1.94 bits per heavy atom. The molecule has 1 saturated heterocycles. The molecule has 31 heavy (non-hydrogen) atoms. The van der Waals surface area contributed by atoms with Gasteiger partial charge in [0.15, 0.2) is 5.82 Å². The van der Waals surface area contributed by atoms with Crippen molar-refractivity contribution in [1.82, 2.24) is 19.4 Å². The number of hydrogen-bond donors (Lipinski definition) is 0. The summed E-state index contributed by atoms with van der Waals surface area (Å²) in [5.41, 5.74) is -1.13. The Bertz CT molecular complexity index is 1010. The van der Waals surface area contributed by atoms with Gasteiger partial charge in [0, 0.05) is 25.7 Å². The standard InChI is InChI=1S/C21H24BF3N4O2/c1-2-7-29-16-11-13(22)10-15(21(23,24)25)18(16)26-19(29)20(31)27-8-9-28(17(30)12-27)14-5-3-4-6-14/h10-11,14H,2-9,12H2,1H3. The van der Waals surface area contributed by atoms with Crippen LogP contribution in [-0.2, 0) is 17.5 Å². The smallest absolute Gasteiger partial charge is 0.336 e. The first-order chi connectivity index (χ1) is 14.7. The van der Waals surface area contributed by atoms with E-state index in [-0.39, 0.29) is 40.8 Å². The van der Waals surface area contributed by atoms with Gasteiger partial charge in [0.1, 0.15) is 19.9 Å². The summed E-state index contributed by atoms with van der Waals surface area (Å²) in [6, 6.07) is 2.48. The summed E-state index contributed by atoms with van der Waals surface area (Å²) in [6.07, 6.45) is 0.103. The van der Waals surface area contributed by atoms with Crippen LogP contribution in [0.15, 0.2) is 12.1 Å². The van der Waals surface area contributed by atoms with Crippen molar-refractivity contribution >= 4 is 36.2 Å². The number of aromatic nitrogens is 2. The number of nitrogens with zero attached hydrogens (tertiary/aromatic N) is 4. The molecule has 10 heteroatoms. The highest BCUT2D eigenvalue weighted by atomic mass is 19.4. The molecular formula is C21H24BF3N4O2. The maximum Gasteiger partial charge on any atom is 0.418 e. The topological polar surface area (TPSA) is 58.4 Å². The van der Waals surface area contributed by atoms with E-state index in [4.69, 9.17) is 7.85 Å². The molecular weight excluding hydrogens is 408 g/mol. The Balaban J connectivity index is 1.68. The lowest BCUT2D eigenvalue weighted by Crippen LogP contribution is -2.55. The first-order valence-corrected chi connectivity index (χ1v) is 10.7. The predicted octanol–water partition coefficient (Wildman–Crippen LogP) is 2.49. The van der Waals surface area contributed by atoms with Gasteiger partial charge in [-0.3, -0.25) is 9.59 Å². The van der Waals surface area contributed by atoms with Crippen LogP contribution in [0.2, 0.25) is 0 Å². The van der Waals surface area contributed by atoms with Gasteiger partial charge in [-0.05, 0) is 25.3 Å². The minimum atomic E-state index is -4.65. The van der Waals surface area contributed by atoms with Crippen molar-refractivity contribution in [2.24, 2.45) is 0 Å². The zero-order valence-electron chi connectivity index (χ0n) is 17.4. The molecule has 0 unspecified atom stereocenters. The minimum absolute atomic E-state index is 0.0450. The molecule has 1 aliphatic carbocycles. The van der Waals surface area contributed by atoms with Crippen LogP contribution in [0, 0.1) is 0 Å². The molecule has 1 aromatic carbocycles. The summed E-state index contributed by atoms with van der Waals surface area (Å²) in [7, 11) is 5.72. The molecule has 2 amide bonds. The zero-order valence-corrected chi connectivity index (χ0v) is 17.4. The molecule has 2 heterocycles. The van der Waals surface area contributed by atoms with Crippen LogP contribution in [0.5, 0.6) is 0 Å². The number of hydrogen-bond acceptors (Lipinski definition) is 3. The van der Waals surface area contributed by atoms with Crippen molar-refractivity contribution in [3.63, 3.8) is 0 Å². The van der Waals surface area contributed by atoms with Crippen molar-refractivity contribution in [2.75, 3.05) is 19.6 Å². The van der Waals surface area contributed by atoms with E-state index in [0.717, 1.165) is 31.7 Å². The number of benzene rings is 1. The number of halogens is 3. The number of alkyl halides is 3. The summed E-state index contributed by atoms with van der Waals surface area (Å²) in [6.45, 7) is 2.86. The summed E-state index contributed by atoms with van der Waals surface area (Å²) in [4.78, 5) is 33.3. The van der Waals surface area contributed by atoms with E-state index in [1.54, 1.807) is 0 Å². The highest BCUT2D eigenvalue weighted by Gasteiger charge is 2.37. The third-order valence-electron chi connectivity index (χ3n) is 6.13. The Hall–Kier alpha value is -2.52. The number of piperazine rings is 1. The highest BCUT2D eigenvalue weighted by molar-refractivity contribution is 6.33. The van der Waals surface area contributed by atoms with Gasteiger partial charge < -0.3 is 14.4 Å². The number of rotatable bonds is 4. The SMILES string of the molecule is [B]c1cc(C(F)(F)F)c2nc(C(=O)N3CCN(C4CCCC4)C(=O)C3)n(CCC)c2c1. The van der Waals surface area contributed by atoms with Gasteiger partial charge in [-0.2, -0.15) is 13.2 Å². The van der Waals surface area contributed by atoms with E-state index in [1.165, 1.54) is 15.5 Å². The van der Waals surface area contributed by atoms with Gasteiger partial charge in [0.2, 0.25) is 5.91 Å². The molecule has 1 aliphatic heterocycles. The predicted molar refractivity (Wildman–Crippen MR) is 110 cm³/mol. The lowest BCUT2D eigenvalue weighted by molar-refractivity contribution is -0.137. The molecule has 2 fully saturated rings. The van der Waals surface area contributed by atoms with Crippen LogP contribution >= 0.6 is 0 Å². The lowest BCUT2D eigenvalue weighted by Gasteiger charge is -2.37. The van der Waals surface area contributed by atoms with E-state index in [9.17, 15) is 22.8 Å². The lowest BCUT2D eigenvalue weighted by atomic mass is 9.93. The van der Waals surface area contributed by atoms with Crippen LogP contribution in [-0.4, -0.2) is 64.7 Å². The average Bonchev–Trinajstić information content (AvgIpc) is 3.35.